The maximum Gasteiger partial charge on any atom is 0.437 e. The molecule has 27 heavy (non-hydrogen) atoms. The van der Waals surface area contributed by atoms with Crippen LogP contribution in [-0.2, 0) is 6.18 Å². The topological polar surface area (TPSA) is 99.4 Å². The SMILES string of the molecule is N#Cc1cnc(Nc2cc(NCC3CCCCC3)c(C(F)(F)F)nn2)cn1. The highest BCUT2D eigenvalue weighted by molar-refractivity contribution is 5.60. The third kappa shape index (κ3) is 5.03. The zero-order valence-electron chi connectivity index (χ0n) is 14.4. The van der Waals surface area contributed by atoms with Gasteiger partial charge in [-0.2, -0.15) is 18.4 Å². The van der Waals surface area contributed by atoms with Gasteiger partial charge in [0.25, 0.3) is 0 Å². The van der Waals surface area contributed by atoms with Crippen LogP contribution in [0.5, 0.6) is 0 Å². The van der Waals surface area contributed by atoms with Crippen LogP contribution in [0, 0.1) is 17.2 Å². The largest absolute Gasteiger partial charge is 0.437 e. The molecule has 0 unspecified atom stereocenters. The summed E-state index contributed by atoms with van der Waals surface area (Å²) in [5.74, 6) is 0.711. The second-order valence-corrected chi connectivity index (χ2v) is 6.40. The molecule has 1 aliphatic rings. The summed E-state index contributed by atoms with van der Waals surface area (Å²) >= 11 is 0. The van der Waals surface area contributed by atoms with Gasteiger partial charge in [-0.05, 0) is 18.8 Å². The first-order chi connectivity index (χ1) is 13.0. The quantitative estimate of drug-likeness (QED) is 0.815. The molecule has 0 aromatic carbocycles. The second kappa shape index (κ2) is 8.16. The molecule has 0 spiro atoms. The van der Waals surface area contributed by atoms with Crippen LogP contribution in [0.3, 0.4) is 0 Å². The lowest BCUT2D eigenvalue weighted by molar-refractivity contribution is -0.141. The van der Waals surface area contributed by atoms with Gasteiger partial charge < -0.3 is 10.6 Å². The van der Waals surface area contributed by atoms with Crippen LogP contribution in [0.15, 0.2) is 18.5 Å². The van der Waals surface area contributed by atoms with Crippen molar-refractivity contribution in [3.05, 3.63) is 29.8 Å². The average molecular weight is 377 g/mol. The molecule has 3 rings (SSSR count). The van der Waals surface area contributed by atoms with E-state index in [2.05, 4.69) is 30.8 Å². The molecule has 1 saturated carbocycles. The minimum atomic E-state index is -4.60. The van der Waals surface area contributed by atoms with E-state index in [1.807, 2.05) is 6.07 Å². The number of rotatable bonds is 5. The number of alkyl halides is 3. The second-order valence-electron chi connectivity index (χ2n) is 6.40. The molecule has 1 fully saturated rings. The Morgan fingerprint density at radius 2 is 1.85 bits per heavy atom. The lowest BCUT2D eigenvalue weighted by Gasteiger charge is -2.23. The summed E-state index contributed by atoms with van der Waals surface area (Å²) in [6.07, 6.45) is 3.37. The summed E-state index contributed by atoms with van der Waals surface area (Å²) in [7, 11) is 0. The van der Waals surface area contributed by atoms with Crippen LogP contribution in [0.4, 0.5) is 30.5 Å². The fourth-order valence-electron chi connectivity index (χ4n) is 3.02. The van der Waals surface area contributed by atoms with E-state index >= 15 is 0 Å². The highest BCUT2D eigenvalue weighted by Crippen LogP contribution is 2.34. The smallest absolute Gasteiger partial charge is 0.383 e. The molecule has 7 nitrogen and oxygen atoms in total. The molecule has 10 heteroatoms. The van der Waals surface area contributed by atoms with E-state index in [1.165, 1.54) is 24.9 Å². The summed E-state index contributed by atoms with van der Waals surface area (Å²) in [6.45, 7) is 0.463. The number of halogens is 3. The van der Waals surface area contributed by atoms with Crippen molar-refractivity contribution < 1.29 is 13.2 Å². The van der Waals surface area contributed by atoms with Crippen LogP contribution >= 0.6 is 0 Å². The highest BCUT2D eigenvalue weighted by atomic mass is 19.4. The molecular formula is C17H18F3N7. The van der Waals surface area contributed by atoms with Gasteiger partial charge in [0.1, 0.15) is 11.9 Å². The Bertz CT molecular complexity index is 809. The molecule has 0 amide bonds. The molecule has 0 atom stereocenters. The lowest BCUT2D eigenvalue weighted by atomic mass is 9.89. The number of nitrogens with one attached hydrogen (secondary N) is 2. The lowest BCUT2D eigenvalue weighted by Crippen LogP contribution is -2.20. The Morgan fingerprint density at radius 1 is 1.07 bits per heavy atom. The normalized spacial score (nSPS) is 15.2. The molecule has 2 aromatic rings. The van der Waals surface area contributed by atoms with Crippen LogP contribution in [-0.4, -0.2) is 26.7 Å². The standard InChI is InChI=1S/C17H18F3N7/c18-17(19,20)16-13(23-8-11-4-2-1-3-5-11)6-14(26-27-16)25-15-10-22-12(7-21)9-24-15/h6,9-11H,1-5,8H2,(H2,23,24,25,26). The number of anilines is 3. The zero-order chi connectivity index (χ0) is 19.3. The summed E-state index contributed by atoms with van der Waals surface area (Å²) < 4.78 is 39.7. The molecule has 0 aliphatic heterocycles. The molecule has 2 aromatic heterocycles. The van der Waals surface area contributed by atoms with Crippen molar-refractivity contribution in [3.63, 3.8) is 0 Å². The van der Waals surface area contributed by atoms with Crippen LogP contribution in [0.1, 0.15) is 43.5 Å². The van der Waals surface area contributed by atoms with E-state index in [0.717, 1.165) is 25.7 Å². The summed E-state index contributed by atoms with van der Waals surface area (Å²) in [5, 5.41) is 21.3. The predicted octanol–water partition coefficient (Wildman–Crippen LogP) is 3.89. The van der Waals surface area contributed by atoms with Crippen molar-refractivity contribution in [2.75, 3.05) is 17.2 Å². The van der Waals surface area contributed by atoms with E-state index in [4.69, 9.17) is 5.26 Å². The first kappa shape index (κ1) is 18.8. The fraction of sp³-hybridized carbons (Fsp3) is 0.471. The van der Waals surface area contributed by atoms with Gasteiger partial charge in [0.05, 0.1) is 18.1 Å². The minimum Gasteiger partial charge on any atom is -0.383 e. The molecule has 2 N–H and O–H groups in total. The fourth-order valence-corrected chi connectivity index (χ4v) is 3.02. The van der Waals surface area contributed by atoms with Crippen molar-refractivity contribution in [2.24, 2.45) is 5.92 Å². The molecule has 0 bridgehead atoms. The molecule has 0 saturated heterocycles. The van der Waals surface area contributed by atoms with Crippen molar-refractivity contribution >= 4 is 17.3 Å². The zero-order valence-corrected chi connectivity index (χ0v) is 14.4. The minimum absolute atomic E-state index is 0.105. The van der Waals surface area contributed by atoms with E-state index < -0.39 is 11.9 Å². The van der Waals surface area contributed by atoms with Crippen molar-refractivity contribution in [3.8, 4) is 6.07 Å². The van der Waals surface area contributed by atoms with Gasteiger partial charge in [-0.1, -0.05) is 19.3 Å². The van der Waals surface area contributed by atoms with Gasteiger partial charge in [0.2, 0.25) is 0 Å². The Kier molecular flexibility index (Phi) is 5.69. The van der Waals surface area contributed by atoms with Gasteiger partial charge in [0.15, 0.2) is 17.2 Å². The molecular weight excluding hydrogens is 359 g/mol. The predicted molar refractivity (Wildman–Crippen MR) is 92.1 cm³/mol. The molecule has 0 radical (unpaired) electrons. The maximum absolute atomic E-state index is 13.2. The Labute approximate surface area is 154 Å². The summed E-state index contributed by atoms with van der Waals surface area (Å²) in [4.78, 5) is 7.80. The first-order valence-electron chi connectivity index (χ1n) is 8.63. The average Bonchev–Trinajstić information content (AvgIpc) is 2.67. The van der Waals surface area contributed by atoms with Gasteiger partial charge in [-0.25, -0.2) is 9.97 Å². The van der Waals surface area contributed by atoms with Gasteiger partial charge in [0, 0.05) is 12.6 Å². The summed E-state index contributed by atoms with van der Waals surface area (Å²) in [5.41, 5.74) is -1.03. The monoisotopic (exact) mass is 377 g/mol. The van der Waals surface area contributed by atoms with Gasteiger partial charge >= 0.3 is 6.18 Å². The van der Waals surface area contributed by atoms with E-state index in [-0.39, 0.29) is 23.0 Å². The number of aromatic nitrogens is 4. The molecule has 2 heterocycles. The Morgan fingerprint density at radius 3 is 2.48 bits per heavy atom. The molecule has 142 valence electrons. The van der Waals surface area contributed by atoms with E-state index in [1.54, 1.807) is 0 Å². The van der Waals surface area contributed by atoms with Crippen molar-refractivity contribution in [2.45, 2.75) is 38.3 Å². The number of nitrogens with zero attached hydrogens (tertiary/aromatic N) is 5. The van der Waals surface area contributed by atoms with E-state index in [0.29, 0.717) is 12.5 Å². The van der Waals surface area contributed by atoms with Gasteiger partial charge in [-0.3, -0.25) is 0 Å². The number of hydrogen-bond acceptors (Lipinski definition) is 7. The third-order valence-corrected chi connectivity index (χ3v) is 4.39. The number of hydrogen-bond donors (Lipinski definition) is 2. The Balaban J connectivity index is 1.77. The summed E-state index contributed by atoms with van der Waals surface area (Å²) in [6, 6.07) is 3.10. The van der Waals surface area contributed by atoms with Crippen molar-refractivity contribution in [1.82, 2.24) is 20.2 Å². The van der Waals surface area contributed by atoms with Crippen LogP contribution in [0.25, 0.3) is 0 Å². The highest BCUT2D eigenvalue weighted by Gasteiger charge is 2.36. The van der Waals surface area contributed by atoms with Crippen LogP contribution in [0.2, 0.25) is 0 Å². The third-order valence-electron chi connectivity index (χ3n) is 4.39. The number of nitriles is 1. The van der Waals surface area contributed by atoms with E-state index in [9.17, 15) is 13.2 Å². The van der Waals surface area contributed by atoms with Crippen LogP contribution < -0.4 is 10.6 Å². The maximum atomic E-state index is 13.2. The van der Waals surface area contributed by atoms with Gasteiger partial charge in [-0.15, -0.1) is 10.2 Å². The van der Waals surface area contributed by atoms with Crippen molar-refractivity contribution in [1.29, 1.82) is 5.26 Å². The first-order valence-corrected chi connectivity index (χ1v) is 8.63. The Hall–Kier alpha value is -2.96. The molecule has 1 aliphatic carbocycles.